The maximum absolute atomic E-state index is 6.77. The number of furan rings is 4. The summed E-state index contributed by atoms with van der Waals surface area (Å²) < 4.78 is 26.3. The van der Waals surface area contributed by atoms with Crippen LogP contribution in [0.5, 0.6) is 0 Å². The van der Waals surface area contributed by atoms with E-state index in [1.807, 2.05) is 24.3 Å². The summed E-state index contributed by atoms with van der Waals surface area (Å²) in [5, 5.41) is 10.8. The smallest absolute Gasteiger partial charge is 0.137 e. The van der Waals surface area contributed by atoms with Crippen molar-refractivity contribution in [2.45, 2.75) is 39.5 Å². The number of para-hydroxylation sites is 2. The van der Waals surface area contributed by atoms with E-state index in [1.54, 1.807) is 0 Å². The monoisotopic (exact) mass is 906 g/mol. The molecule has 336 valence electrons. The molecule has 14 rings (SSSR count). The van der Waals surface area contributed by atoms with Crippen molar-refractivity contribution in [1.82, 2.24) is 0 Å². The van der Waals surface area contributed by atoms with E-state index >= 15 is 0 Å². The van der Waals surface area contributed by atoms with Gasteiger partial charge in [-0.2, -0.15) is 0 Å². The fraction of sp³-hybridized carbons (Fsp3) is 0.0938. The van der Waals surface area contributed by atoms with Gasteiger partial charge in [0.25, 0.3) is 0 Å². The van der Waals surface area contributed by atoms with E-state index < -0.39 is 0 Å². The standard InChI is InChI=1S/C64H46N2O4/c1-37(2)39-13-17-43(18-14-39)65(45-21-25-51-49-9-5-7-11-57(49)67-61(51)33-45)47-23-27-53-55-29-41-32-60-56(30-42(41)31-59(55)69-63(53)35-47)54-28-24-48(36-64(54)70-60)66(44-19-15-40(16-20-44)38(3)4)46-22-26-52-50-10-6-8-12-58(50)68-62(52)34-46/h5-38H,1-4H3. The Morgan fingerprint density at radius 2 is 0.543 bits per heavy atom. The average molecular weight is 907 g/mol. The van der Waals surface area contributed by atoms with Gasteiger partial charge in [0.2, 0.25) is 0 Å². The molecular formula is C64H46N2O4. The van der Waals surface area contributed by atoms with E-state index in [4.69, 9.17) is 17.7 Å². The molecular weight excluding hydrogens is 861 g/mol. The van der Waals surface area contributed by atoms with Gasteiger partial charge in [-0.15, -0.1) is 0 Å². The van der Waals surface area contributed by atoms with Crippen molar-refractivity contribution in [2.24, 2.45) is 0 Å². The molecule has 0 atom stereocenters. The highest BCUT2D eigenvalue weighted by Gasteiger charge is 2.21. The first-order chi connectivity index (χ1) is 34.3. The third kappa shape index (κ3) is 6.40. The molecule has 0 amide bonds. The van der Waals surface area contributed by atoms with Gasteiger partial charge in [-0.1, -0.05) is 88.4 Å². The van der Waals surface area contributed by atoms with Gasteiger partial charge in [0, 0.05) is 101 Å². The Kier molecular flexibility index (Phi) is 8.87. The van der Waals surface area contributed by atoms with Crippen molar-refractivity contribution >= 4 is 133 Å². The molecule has 0 aliphatic rings. The molecule has 6 nitrogen and oxygen atoms in total. The topological polar surface area (TPSA) is 59.0 Å². The van der Waals surface area contributed by atoms with Crippen LogP contribution in [0.25, 0.3) is 98.5 Å². The zero-order valence-corrected chi connectivity index (χ0v) is 39.2. The summed E-state index contributed by atoms with van der Waals surface area (Å²) in [4.78, 5) is 4.57. The van der Waals surface area contributed by atoms with Crippen LogP contribution in [-0.4, -0.2) is 0 Å². The van der Waals surface area contributed by atoms with Crippen LogP contribution >= 0.6 is 0 Å². The van der Waals surface area contributed by atoms with Gasteiger partial charge in [0.1, 0.15) is 44.7 Å². The Morgan fingerprint density at radius 1 is 0.257 bits per heavy atom. The van der Waals surface area contributed by atoms with Gasteiger partial charge in [0.05, 0.1) is 0 Å². The van der Waals surface area contributed by atoms with Crippen molar-refractivity contribution in [3.63, 3.8) is 0 Å². The number of hydrogen-bond acceptors (Lipinski definition) is 6. The van der Waals surface area contributed by atoms with Crippen molar-refractivity contribution in [3.8, 4) is 0 Å². The molecule has 0 aliphatic carbocycles. The van der Waals surface area contributed by atoms with Crippen molar-refractivity contribution in [3.05, 3.63) is 205 Å². The highest BCUT2D eigenvalue weighted by atomic mass is 16.3. The molecule has 0 radical (unpaired) electrons. The molecule has 0 unspecified atom stereocenters. The Hall–Kier alpha value is -8.74. The molecule has 4 heterocycles. The zero-order valence-electron chi connectivity index (χ0n) is 39.2. The lowest BCUT2D eigenvalue weighted by Crippen LogP contribution is -2.10. The van der Waals surface area contributed by atoms with Crippen LogP contribution in [0.2, 0.25) is 0 Å². The molecule has 0 saturated carbocycles. The van der Waals surface area contributed by atoms with E-state index in [0.29, 0.717) is 11.8 Å². The highest BCUT2D eigenvalue weighted by molar-refractivity contribution is 6.16. The van der Waals surface area contributed by atoms with Crippen LogP contribution in [0, 0.1) is 0 Å². The molecule has 10 aromatic carbocycles. The Balaban J connectivity index is 0.856. The second-order valence-electron chi connectivity index (χ2n) is 19.3. The molecule has 4 aromatic heterocycles. The summed E-state index contributed by atoms with van der Waals surface area (Å²) in [7, 11) is 0. The van der Waals surface area contributed by atoms with Crippen LogP contribution in [0.1, 0.15) is 50.7 Å². The molecule has 6 heteroatoms. The van der Waals surface area contributed by atoms with Gasteiger partial charge < -0.3 is 27.5 Å². The van der Waals surface area contributed by atoms with Crippen molar-refractivity contribution in [2.75, 3.05) is 9.80 Å². The van der Waals surface area contributed by atoms with Crippen LogP contribution in [0.15, 0.2) is 212 Å². The van der Waals surface area contributed by atoms with Gasteiger partial charge >= 0.3 is 0 Å². The molecule has 0 bridgehead atoms. The first-order valence-electron chi connectivity index (χ1n) is 24.2. The summed E-state index contributed by atoms with van der Waals surface area (Å²) in [6, 6.07) is 69.0. The lowest BCUT2D eigenvalue weighted by atomic mass is 10.0. The van der Waals surface area contributed by atoms with E-state index in [0.717, 1.165) is 133 Å². The third-order valence-corrected chi connectivity index (χ3v) is 14.4. The van der Waals surface area contributed by atoms with E-state index in [2.05, 4.69) is 207 Å². The first kappa shape index (κ1) is 40.3. The van der Waals surface area contributed by atoms with Gasteiger partial charge in [-0.25, -0.2) is 0 Å². The molecule has 0 N–H and O–H groups in total. The van der Waals surface area contributed by atoms with Gasteiger partial charge in [0.15, 0.2) is 0 Å². The third-order valence-electron chi connectivity index (χ3n) is 14.4. The first-order valence-corrected chi connectivity index (χ1v) is 24.2. The fourth-order valence-corrected chi connectivity index (χ4v) is 10.7. The van der Waals surface area contributed by atoms with Gasteiger partial charge in [-0.05, 0) is 143 Å². The van der Waals surface area contributed by atoms with E-state index in [9.17, 15) is 0 Å². The summed E-state index contributed by atoms with van der Waals surface area (Å²) >= 11 is 0. The summed E-state index contributed by atoms with van der Waals surface area (Å²) in [6.45, 7) is 8.91. The minimum atomic E-state index is 0.429. The molecule has 70 heavy (non-hydrogen) atoms. The summed E-state index contributed by atoms with van der Waals surface area (Å²) in [5.41, 5.74) is 15.5. The molecule has 14 aromatic rings. The SMILES string of the molecule is CC(C)c1ccc(N(c2ccc3c(c2)oc2ccccc23)c2ccc3c(c2)oc2cc4cc5c(cc4cc23)oc2cc(N(c3ccc(C(C)C)cc3)c3ccc4c(c3)oc3ccccc34)ccc25)cc1. The summed E-state index contributed by atoms with van der Waals surface area (Å²) in [6.07, 6.45) is 0. The lowest BCUT2D eigenvalue weighted by Gasteiger charge is -2.26. The number of benzene rings is 10. The molecule has 0 saturated heterocycles. The highest BCUT2D eigenvalue weighted by Crippen LogP contribution is 2.45. The Morgan fingerprint density at radius 3 is 0.900 bits per heavy atom. The number of rotatable bonds is 8. The van der Waals surface area contributed by atoms with Crippen LogP contribution in [0.3, 0.4) is 0 Å². The minimum Gasteiger partial charge on any atom is -0.456 e. The van der Waals surface area contributed by atoms with Crippen molar-refractivity contribution in [1.29, 1.82) is 0 Å². The maximum atomic E-state index is 6.77. The second kappa shape index (κ2) is 15.4. The number of fused-ring (bicyclic) bond motifs is 13. The van der Waals surface area contributed by atoms with Crippen LogP contribution in [0.4, 0.5) is 34.1 Å². The number of anilines is 6. The quantitative estimate of drug-likeness (QED) is 0.151. The van der Waals surface area contributed by atoms with Crippen LogP contribution < -0.4 is 9.80 Å². The molecule has 0 fully saturated rings. The van der Waals surface area contributed by atoms with Gasteiger partial charge in [-0.3, -0.25) is 0 Å². The second-order valence-corrected chi connectivity index (χ2v) is 19.3. The Bertz CT molecular complexity index is 4090. The average Bonchev–Trinajstić information content (AvgIpc) is 4.14. The maximum Gasteiger partial charge on any atom is 0.137 e. The summed E-state index contributed by atoms with van der Waals surface area (Å²) in [5.74, 6) is 0.858. The minimum absolute atomic E-state index is 0.429. The van der Waals surface area contributed by atoms with E-state index in [1.165, 1.54) is 11.1 Å². The van der Waals surface area contributed by atoms with Crippen LogP contribution in [-0.2, 0) is 0 Å². The molecule has 0 spiro atoms. The van der Waals surface area contributed by atoms with Crippen molar-refractivity contribution < 1.29 is 17.7 Å². The predicted octanol–water partition coefficient (Wildman–Crippen LogP) is 19.6. The molecule has 0 aliphatic heterocycles. The normalized spacial score (nSPS) is 12.3. The Labute approximate surface area is 403 Å². The largest absolute Gasteiger partial charge is 0.456 e. The predicted molar refractivity (Wildman–Crippen MR) is 291 cm³/mol. The number of nitrogens with zero attached hydrogens (tertiary/aromatic N) is 2. The fourth-order valence-electron chi connectivity index (χ4n) is 10.7. The van der Waals surface area contributed by atoms with E-state index in [-0.39, 0.29) is 0 Å². The zero-order chi connectivity index (χ0) is 46.8. The lowest BCUT2D eigenvalue weighted by molar-refractivity contribution is 0.668. The number of hydrogen-bond donors (Lipinski definition) is 0.